The summed E-state index contributed by atoms with van der Waals surface area (Å²) in [5.41, 5.74) is 2.44. The van der Waals surface area contributed by atoms with E-state index in [1.165, 1.54) is 5.56 Å². The molecule has 3 aromatic rings. The predicted octanol–water partition coefficient (Wildman–Crippen LogP) is 2.98. The molecule has 0 aliphatic rings. The van der Waals surface area contributed by atoms with Crippen molar-refractivity contribution in [3.05, 3.63) is 95.9 Å². The first-order valence-corrected chi connectivity index (χ1v) is 10.3. The van der Waals surface area contributed by atoms with Crippen molar-refractivity contribution in [2.75, 3.05) is 18.8 Å². The van der Waals surface area contributed by atoms with Gasteiger partial charge in [-0.05, 0) is 17.7 Å². The number of nitrogens with two attached hydrogens (primary N) is 1. The molecule has 0 aliphatic heterocycles. The molecule has 0 aliphatic carbocycles. The lowest BCUT2D eigenvalue weighted by molar-refractivity contribution is -0.678. The Morgan fingerprint density at radius 3 is 2.44 bits per heavy atom. The number of thioether (sulfide) groups is 1. The molecule has 0 bridgehead atoms. The lowest BCUT2D eigenvalue weighted by Crippen LogP contribution is -2.87. The molecule has 2 aromatic carbocycles. The molecule has 3 rings (SSSR count). The van der Waals surface area contributed by atoms with Crippen LogP contribution in [0.15, 0.2) is 83.5 Å². The van der Waals surface area contributed by atoms with E-state index in [9.17, 15) is 4.79 Å². The molecule has 3 N–H and O–H groups in total. The van der Waals surface area contributed by atoms with Crippen molar-refractivity contribution < 1.29 is 14.5 Å². The minimum absolute atomic E-state index is 0.0144. The van der Waals surface area contributed by atoms with Crippen molar-refractivity contribution >= 4 is 17.7 Å². The van der Waals surface area contributed by atoms with Crippen LogP contribution >= 0.6 is 11.8 Å². The highest BCUT2D eigenvalue weighted by atomic mass is 32.2. The molecule has 1 amide bonds. The van der Waals surface area contributed by atoms with Crippen LogP contribution in [0.4, 0.5) is 0 Å². The summed E-state index contributed by atoms with van der Waals surface area (Å²) < 4.78 is 5.57. The molecule has 5 heteroatoms. The Kier molecular flexibility index (Phi) is 7.56. The highest BCUT2D eigenvalue weighted by Crippen LogP contribution is 2.18. The first-order valence-electron chi connectivity index (χ1n) is 9.13. The summed E-state index contributed by atoms with van der Waals surface area (Å²) in [6.45, 7) is 1.05. The molecule has 1 atom stereocenters. The first kappa shape index (κ1) is 19.3. The first-order chi connectivity index (χ1) is 13.3. The summed E-state index contributed by atoms with van der Waals surface area (Å²) in [6, 6.07) is 24.3. The maximum atomic E-state index is 12.2. The summed E-state index contributed by atoms with van der Waals surface area (Å²) in [5, 5.41) is 5.01. The van der Waals surface area contributed by atoms with Gasteiger partial charge in [-0.1, -0.05) is 60.7 Å². The largest absolute Gasteiger partial charge is 0.463 e. The van der Waals surface area contributed by atoms with Crippen LogP contribution in [0.3, 0.4) is 0 Å². The van der Waals surface area contributed by atoms with Gasteiger partial charge in [0, 0.05) is 23.6 Å². The molecule has 0 saturated carbocycles. The van der Waals surface area contributed by atoms with Crippen molar-refractivity contribution in [2.45, 2.75) is 11.8 Å². The number of carbonyl (C=O) groups is 1. The van der Waals surface area contributed by atoms with Gasteiger partial charge in [-0.2, -0.15) is 11.8 Å². The summed E-state index contributed by atoms with van der Waals surface area (Å²) in [4.78, 5) is 12.2. The fourth-order valence-corrected chi connectivity index (χ4v) is 3.69. The lowest BCUT2D eigenvalue weighted by atomic mass is 10.0. The molecule has 27 heavy (non-hydrogen) atoms. The third kappa shape index (κ3) is 6.31. The van der Waals surface area contributed by atoms with Crippen molar-refractivity contribution in [1.29, 1.82) is 0 Å². The number of nitrogens with one attached hydrogen (secondary N) is 1. The number of furan rings is 1. The lowest BCUT2D eigenvalue weighted by Gasteiger charge is -2.14. The van der Waals surface area contributed by atoms with Crippen LogP contribution in [-0.2, 0) is 10.5 Å². The Bertz CT molecular complexity index is 792. The van der Waals surface area contributed by atoms with E-state index in [0.29, 0.717) is 13.1 Å². The van der Waals surface area contributed by atoms with Gasteiger partial charge in [0.2, 0.25) is 0 Å². The van der Waals surface area contributed by atoms with E-state index in [0.717, 1.165) is 22.8 Å². The summed E-state index contributed by atoms with van der Waals surface area (Å²) in [7, 11) is 0. The zero-order chi connectivity index (χ0) is 18.7. The van der Waals surface area contributed by atoms with Crippen LogP contribution in [0.25, 0.3) is 0 Å². The van der Waals surface area contributed by atoms with Crippen LogP contribution in [-0.4, -0.2) is 24.7 Å². The Morgan fingerprint density at radius 1 is 1.00 bits per heavy atom. The van der Waals surface area contributed by atoms with Gasteiger partial charge in [-0.25, -0.2) is 0 Å². The average molecular weight is 382 g/mol. The van der Waals surface area contributed by atoms with Gasteiger partial charge >= 0.3 is 0 Å². The fraction of sp³-hybridized carbons (Fsp3) is 0.227. The maximum Gasteiger partial charge on any atom is 0.275 e. The zero-order valence-electron chi connectivity index (χ0n) is 15.2. The van der Waals surface area contributed by atoms with Crippen molar-refractivity contribution in [2.24, 2.45) is 0 Å². The van der Waals surface area contributed by atoms with Gasteiger partial charge in [0.1, 0.15) is 0 Å². The molecular weight excluding hydrogens is 356 g/mol. The fourth-order valence-electron chi connectivity index (χ4n) is 2.87. The quantitative estimate of drug-likeness (QED) is 0.531. The van der Waals surface area contributed by atoms with Gasteiger partial charge in [0.05, 0.1) is 6.26 Å². The second kappa shape index (κ2) is 10.6. The number of hydrogen-bond acceptors (Lipinski definition) is 3. The minimum Gasteiger partial charge on any atom is -0.463 e. The van der Waals surface area contributed by atoms with E-state index >= 15 is 0 Å². The molecule has 0 saturated heterocycles. The van der Waals surface area contributed by atoms with E-state index in [4.69, 9.17) is 4.42 Å². The zero-order valence-corrected chi connectivity index (χ0v) is 16.0. The standard InChI is InChI=1S/C22H24N2O2S/c25-21(23-13-15-27-17-18-8-3-1-4-9-18)16-24-22(20-12-7-14-26-20)19-10-5-2-6-11-19/h1-12,14,22,24H,13,15-17H2,(H,23,25)/p+1/t22-/m0/s1. The Labute approximate surface area is 164 Å². The molecule has 0 radical (unpaired) electrons. The van der Waals surface area contributed by atoms with Gasteiger partial charge in [0.15, 0.2) is 18.3 Å². The molecular formula is C22H25N2O2S+. The molecule has 1 heterocycles. The Balaban J connectivity index is 1.40. The average Bonchev–Trinajstić information content (AvgIpc) is 3.24. The van der Waals surface area contributed by atoms with Crippen LogP contribution in [0.2, 0.25) is 0 Å². The summed E-state index contributed by atoms with van der Waals surface area (Å²) in [5.74, 6) is 2.77. The SMILES string of the molecule is O=C(C[NH2+][C@@H](c1ccccc1)c1ccco1)NCCSCc1ccccc1. The smallest absolute Gasteiger partial charge is 0.275 e. The molecule has 140 valence electrons. The number of quaternary nitrogens is 1. The van der Waals surface area contributed by atoms with Crippen LogP contribution in [0.1, 0.15) is 22.9 Å². The third-order valence-electron chi connectivity index (χ3n) is 4.23. The molecule has 0 fully saturated rings. The van der Waals surface area contributed by atoms with E-state index < -0.39 is 0 Å². The molecule has 1 aromatic heterocycles. The Hall–Kier alpha value is -2.50. The normalized spacial score (nSPS) is 11.9. The van der Waals surface area contributed by atoms with Crippen LogP contribution in [0, 0.1) is 0 Å². The molecule has 4 nitrogen and oxygen atoms in total. The van der Waals surface area contributed by atoms with Crippen LogP contribution in [0.5, 0.6) is 0 Å². The van der Waals surface area contributed by atoms with Gasteiger partial charge < -0.3 is 15.1 Å². The van der Waals surface area contributed by atoms with E-state index in [1.54, 1.807) is 6.26 Å². The number of hydrogen-bond donors (Lipinski definition) is 2. The van der Waals surface area contributed by atoms with E-state index in [2.05, 4.69) is 41.7 Å². The molecule has 0 unspecified atom stereocenters. The maximum absolute atomic E-state index is 12.2. The number of carbonyl (C=O) groups excluding carboxylic acids is 1. The van der Waals surface area contributed by atoms with Crippen LogP contribution < -0.4 is 10.6 Å². The number of benzene rings is 2. The topological polar surface area (TPSA) is 58.9 Å². The van der Waals surface area contributed by atoms with E-state index in [1.807, 2.05) is 53.5 Å². The Morgan fingerprint density at radius 2 is 1.74 bits per heavy atom. The van der Waals surface area contributed by atoms with Gasteiger partial charge in [0.25, 0.3) is 5.91 Å². The second-order valence-electron chi connectivity index (χ2n) is 6.23. The van der Waals surface area contributed by atoms with Gasteiger partial charge in [-0.3, -0.25) is 4.79 Å². The molecule has 0 spiro atoms. The predicted molar refractivity (Wildman–Crippen MR) is 109 cm³/mol. The van der Waals surface area contributed by atoms with Crippen molar-refractivity contribution in [1.82, 2.24) is 5.32 Å². The summed E-state index contributed by atoms with van der Waals surface area (Å²) >= 11 is 1.83. The minimum atomic E-state index is -0.0144. The highest BCUT2D eigenvalue weighted by molar-refractivity contribution is 7.98. The number of rotatable bonds is 10. The third-order valence-corrected chi connectivity index (χ3v) is 5.26. The van der Waals surface area contributed by atoms with E-state index in [-0.39, 0.29) is 11.9 Å². The van der Waals surface area contributed by atoms with Crippen molar-refractivity contribution in [3.63, 3.8) is 0 Å². The number of amides is 1. The van der Waals surface area contributed by atoms with Crippen molar-refractivity contribution in [3.8, 4) is 0 Å². The monoisotopic (exact) mass is 381 g/mol. The second-order valence-corrected chi connectivity index (χ2v) is 7.34. The van der Waals surface area contributed by atoms with Gasteiger partial charge in [-0.15, -0.1) is 0 Å². The highest BCUT2D eigenvalue weighted by Gasteiger charge is 2.21. The summed E-state index contributed by atoms with van der Waals surface area (Å²) in [6.07, 6.45) is 1.67.